The van der Waals surface area contributed by atoms with Crippen LogP contribution in [-0.2, 0) is 5.60 Å². The lowest BCUT2D eigenvalue weighted by Gasteiger charge is -2.38. The number of methoxy groups -OCH3 is 2. The van der Waals surface area contributed by atoms with Gasteiger partial charge in [-0.2, -0.15) is 0 Å². The minimum atomic E-state index is -1.62. The van der Waals surface area contributed by atoms with E-state index >= 15 is 4.39 Å². The van der Waals surface area contributed by atoms with Crippen LogP contribution in [0.15, 0.2) is 59.1 Å². The monoisotopic (exact) mass is 581 g/mol. The highest BCUT2D eigenvalue weighted by molar-refractivity contribution is 9.10. The zero-order chi connectivity index (χ0) is 27.6. The summed E-state index contributed by atoms with van der Waals surface area (Å²) in [6, 6.07) is 16.4. The van der Waals surface area contributed by atoms with Gasteiger partial charge in [0.1, 0.15) is 5.60 Å². The molecule has 0 saturated carbocycles. The van der Waals surface area contributed by atoms with Crippen LogP contribution in [0, 0.1) is 19.7 Å². The highest BCUT2D eigenvalue weighted by Gasteiger charge is 2.45. The van der Waals surface area contributed by atoms with Crippen LogP contribution in [0.25, 0.3) is 10.9 Å². The molecule has 0 aliphatic carbocycles. The zero-order valence-corrected chi connectivity index (χ0v) is 24.1. The molecule has 0 saturated heterocycles. The SMILES string of the molecule is COc1cccc([C@H](c2cc3cc(Br)ccc3nc2OC)[C@@](O)(CCN(C)C)c2cc(C)cc(C)n2)c1F. The van der Waals surface area contributed by atoms with E-state index in [0.29, 0.717) is 23.7 Å². The van der Waals surface area contributed by atoms with Crippen LogP contribution in [0.1, 0.15) is 40.4 Å². The number of rotatable bonds is 9. The third-order valence-electron chi connectivity index (χ3n) is 6.76. The van der Waals surface area contributed by atoms with Crippen LogP contribution in [0.3, 0.4) is 0 Å². The average Bonchev–Trinajstić information content (AvgIpc) is 2.87. The summed E-state index contributed by atoms with van der Waals surface area (Å²) in [5.74, 6) is -1.08. The fraction of sp³-hybridized carbons (Fsp3) is 0.333. The number of nitrogens with zero attached hydrogens (tertiary/aromatic N) is 3. The van der Waals surface area contributed by atoms with Crippen LogP contribution >= 0.6 is 15.9 Å². The lowest BCUT2D eigenvalue weighted by molar-refractivity contribution is -0.00139. The van der Waals surface area contributed by atoms with E-state index in [4.69, 9.17) is 19.4 Å². The van der Waals surface area contributed by atoms with Crippen molar-refractivity contribution in [1.82, 2.24) is 14.9 Å². The Bertz CT molecular complexity index is 1440. The van der Waals surface area contributed by atoms with Gasteiger partial charge in [-0.15, -0.1) is 0 Å². The molecule has 4 aromatic rings. The Hall–Kier alpha value is -3.07. The summed E-state index contributed by atoms with van der Waals surface area (Å²) in [5.41, 5.74) is 2.09. The molecule has 38 heavy (non-hydrogen) atoms. The number of aliphatic hydroxyl groups is 1. The van der Waals surface area contributed by atoms with Gasteiger partial charge in [0, 0.05) is 33.2 Å². The standard InChI is InChI=1S/C30H33BrFN3O3/c1-18-14-19(2)33-26(15-18)30(36,12-13-35(3)4)27(22-8-7-9-25(37-5)28(22)32)23-17-20-16-21(31)10-11-24(20)34-29(23)38-6/h7-11,14-17,27,36H,12-13H2,1-6H3/t27-,30-/m1/s1. The van der Waals surface area contributed by atoms with E-state index in [1.165, 1.54) is 14.2 Å². The molecule has 0 aliphatic heterocycles. The molecule has 0 spiro atoms. The molecule has 0 bridgehead atoms. The van der Waals surface area contributed by atoms with E-state index in [2.05, 4.69) is 15.9 Å². The van der Waals surface area contributed by atoms with Crippen LogP contribution < -0.4 is 9.47 Å². The molecule has 6 nitrogen and oxygen atoms in total. The van der Waals surface area contributed by atoms with Gasteiger partial charge in [-0.25, -0.2) is 9.37 Å². The van der Waals surface area contributed by atoms with Crippen molar-refractivity contribution in [3.63, 3.8) is 0 Å². The molecule has 0 aliphatic rings. The Balaban J connectivity index is 2.11. The minimum absolute atomic E-state index is 0.0892. The van der Waals surface area contributed by atoms with Gasteiger partial charge < -0.3 is 19.5 Å². The smallest absolute Gasteiger partial charge is 0.217 e. The Morgan fingerprint density at radius 2 is 1.76 bits per heavy atom. The van der Waals surface area contributed by atoms with E-state index < -0.39 is 17.3 Å². The highest BCUT2D eigenvalue weighted by Crippen LogP contribution is 2.48. The maximum absolute atomic E-state index is 16.1. The van der Waals surface area contributed by atoms with Crippen molar-refractivity contribution in [3.05, 3.63) is 93.0 Å². The van der Waals surface area contributed by atoms with Crippen molar-refractivity contribution in [2.24, 2.45) is 0 Å². The first-order chi connectivity index (χ1) is 18.1. The van der Waals surface area contributed by atoms with Crippen LogP contribution in [0.4, 0.5) is 4.39 Å². The van der Waals surface area contributed by atoms with Gasteiger partial charge in [0.15, 0.2) is 11.6 Å². The average molecular weight is 583 g/mol. The number of benzene rings is 2. The molecule has 2 heterocycles. The Kier molecular flexibility index (Phi) is 8.35. The molecule has 2 aromatic carbocycles. The third kappa shape index (κ3) is 5.53. The number of hydrogen-bond acceptors (Lipinski definition) is 6. The number of aryl methyl sites for hydroxylation is 2. The maximum Gasteiger partial charge on any atom is 0.217 e. The van der Waals surface area contributed by atoms with Crippen molar-refractivity contribution >= 4 is 26.8 Å². The van der Waals surface area contributed by atoms with Crippen molar-refractivity contribution < 1.29 is 19.0 Å². The highest BCUT2D eigenvalue weighted by atomic mass is 79.9. The molecule has 200 valence electrons. The third-order valence-corrected chi connectivity index (χ3v) is 7.25. The first-order valence-corrected chi connectivity index (χ1v) is 13.2. The normalized spacial score (nSPS) is 13.9. The predicted molar refractivity (Wildman–Crippen MR) is 152 cm³/mol. The molecular weight excluding hydrogens is 549 g/mol. The van der Waals surface area contributed by atoms with Gasteiger partial charge in [-0.05, 0) is 82.4 Å². The van der Waals surface area contributed by atoms with Gasteiger partial charge >= 0.3 is 0 Å². The number of hydrogen-bond donors (Lipinski definition) is 1. The maximum atomic E-state index is 16.1. The summed E-state index contributed by atoms with van der Waals surface area (Å²) < 4.78 is 28.1. The topological polar surface area (TPSA) is 67.7 Å². The molecule has 0 radical (unpaired) electrons. The molecule has 2 atom stereocenters. The van der Waals surface area contributed by atoms with Gasteiger partial charge in [0.05, 0.1) is 31.3 Å². The second-order valence-corrected chi connectivity index (χ2v) is 10.8. The molecule has 0 unspecified atom stereocenters. The fourth-order valence-electron chi connectivity index (χ4n) is 4.98. The molecule has 0 amide bonds. The number of aromatic nitrogens is 2. The predicted octanol–water partition coefficient (Wildman–Crippen LogP) is 6.14. The summed E-state index contributed by atoms with van der Waals surface area (Å²) in [5, 5.41) is 13.6. The number of pyridine rings is 2. The largest absolute Gasteiger partial charge is 0.494 e. The summed E-state index contributed by atoms with van der Waals surface area (Å²) in [7, 11) is 6.83. The van der Waals surface area contributed by atoms with Crippen LogP contribution in [0.5, 0.6) is 11.6 Å². The summed E-state index contributed by atoms with van der Waals surface area (Å²) in [6.07, 6.45) is 0.275. The van der Waals surface area contributed by atoms with Crippen molar-refractivity contribution in [1.29, 1.82) is 0 Å². The molecular formula is C30H33BrFN3O3. The molecule has 1 N–H and O–H groups in total. The fourth-order valence-corrected chi connectivity index (χ4v) is 5.36. The Morgan fingerprint density at radius 1 is 1.00 bits per heavy atom. The molecule has 8 heteroatoms. The Morgan fingerprint density at radius 3 is 2.42 bits per heavy atom. The number of fused-ring (bicyclic) bond motifs is 1. The van der Waals surface area contributed by atoms with E-state index in [-0.39, 0.29) is 17.7 Å². The van der Waals surface area contributed by atoms with Crippen LogP contribution in [0.2, 0.25) is 0 Å². The lowest BCUT2D eigenvalue weighted by atomic mass is 9.72. The summed E-state index contributed by atoms with van der Waals surface area (Å²) in [6.45, 7) is 4.38. The summed E-state index contributed by atoms with van der Waals surface area (Å²) >= 11 is 3.54. The molecule has 2 aromatic heterocycles. The van der Waals surface area contributed by atoms with Crippen molar-refractivity contribution in [2.45, 2.75) is 31.8 Å². The minimum Gasteiger partial charge on any atom is -0.494 e. The number of halogens is 2. The Labute approximate surface area is 231 Å². The van der Waals surface area contributed by atoms with Crippen LogP contribution in [-0.4, -0.2) is 54.8 Å². The zero-order valence-electron chi connectivity index (χ0n) is 22.5. The van der Waals surface area contributed by atoms with Gasteiger partial charge in [-0.3, -0.25) is 4.98 Å². The lowest BCUT2D eigenvalue weighted by Crippen LogP contribution is -2.39. The van der Waals surface area contributed by atoms with Gasteiger partial charge in [0.2, 0.25) is 5.88 Å². The van der Waals surface area contributed by atoms with E-state index in [1.54, 1.807) is 18.2 Å². The van der Waals surface area contributed by atoms with E-state index in [9.17, 15) is 5.11 Å². The van der Waals surface area contributed by atoms with Gasteiger partial charge in [-0.1, -0.05) is 28.1 Å². The molecule has 0 fully saturated rings. The van der Waals surface area contributed by atoms with Crippen molar-refractivity contribution in [2.75, 3.05) is 34.9 Å². The first-order valence-electron chi connectivity index (χ1n) is 12.4. The number of ether oxygens (including phenoxy) is 2. The van der Waals surface area contributed by atoms with Crippen molar-refractivity contribution in [3.8, 4) is 11.6 Å². The second kappa shape index (κ2) is 11.4. The second-order valence-electron chi connectivity index (χ2n) is 9.87. The molecule has 4 rings (SSSR count). The summed E-state index contributed by atoms with van der Waals surface area (Å²) in [4.78, 5) is 11.5. The van der Waals surface area contributed by atoms with Gasteiger partial charge in [0.25, 0.3) is 0 Å². The quantitative estimate of drug-likeness (QED) is 0.256. The van der Waals surface area contributed by atoms with E-state index in [1.807, 2.05) is 69.2 Å². The first kappa shape index (κ1) is 28.0. The van der Waals surface area contributed by atoms with E-state index in [0.717, 1.165) is 26.6 Å².